The summed E-state index contributed by atoms with van der Waals surface area (Å²) >= 11 is 0. The Kier molecular flexibility index (Phi) is 7.63. The molecule has 0 bridgehead atoms. The molecular weight excluding hydrogens is 512 g/mol. The van der Waals surface area contributed by atoms with Crippen molar-refractivity contribution in [3.05, 3.63) is 102 Å². The summed E-state index contributed by atoms with van der Waals surface area (Å²) in [6, 6.07) is 25.8. The third-order valence-corrected chi connectivity index (χ3v) is 8.77. The van der Waals surface area contributed by atoms with Gasteiger partial charge in [-0.3, -0.25) is 9.59 Å². The van der Waals surface area contributed by atoms with Crippen LogP contribution >= 0.6 is 0 Å². The number of amides is 2. The first-order valence-electron chi connectivity index (χ1n) is 13.1. The summed E-state index contributed by atoms with van der Waals surface area (Å²) in [6.07, 6.45) is 1.78. The molecule has 2 amide bonds. The lowest BCUT2D eigenvalue weighted by molar-refractivity contribution is -0.132. The molecular formula is C30H32N4O4S. The van der Waals surface area contributed by atoms with Gasteiger partial charge in [-0.25, -0.2) is 13.4 Å². The molecule has 8 nitrogen and oxygen atoms in total. The van der Waals surface area contributed by atoms with E-state index in [-0.39, 0.29) is 5.75 Å². The lowest BCUT2D eigenvalue weighted by Gasteiger charge is -2.37. The molecule has 39 heavy (non-hydrogen) atoms. The predicted octanol–water partition coefficient (Wildman–Crippen LogP) is 3.77. The Balaban J connectivity index is 1.48. The maximum atomic E-state index is 13.9. The highest BCUT2D eigenvalue weighted by molar-refractivity contribution is 7.88. The summed E-state index contributed by atoms with van der Waals surface area (Å²) in [4.78, 5) is 33.8. The van der Waals surface area contributed by atoms with Crippen LogP contribution in [0.4, 0.5) is 5.69 Å². The molecule has 0 radical (unpaired) electrons. The molecule has 2 aliphatic rings. The number of carbonyl (C=O) groups is 2. The maximum absolute atomic E-state index is 13.9. The maximum Gasteiger partial charge on any atom is 0.272 e. The lowest BCUT2D eigenvalue weighted by atomic mass is 9.82. The first kappa shape index (κ1) is 26.8. The Morgan fingerprint density at radius 1 is 0.923 bits per heavy atom. The molecule has 0 aromatic heterocycles. The van der Waals surface area contributed by atoms with Gasteiger partial charge in [-0.15, -0.1) is 0 Å². The second kappa shape index (κ2) is 11.1. The number of hydrogen-bond donors (Lipinski definition) is 2. The number of nitrogens with one attached hydrogen (secondary N) is 2. The Bertz CT molecular complexity index is 1480. The van der Waals surface area contributed by atoms with Crippen LogP contribution in [0.2, 0.25) is 0 Å². The van der Waals surface area contributed by atoms with Crippen LogP contribution in [0.5, 0.6) is 0 Å². The normalized spacial score (nSPS) is 19.0. The molecule has 0 spiro atoms. The Hall–Kier alpha value is -3.82. The van der Waals surface area contributed by atoms with Gasteiger partial charge >= 0.3 is 0 Å². The number of fused-ring (bicyclic) bond motifs is 1. The number of rotatable bonds is 7. The standard InChI is InChI=1S/C30H32N4O4S/c1-34-25-18-10-9-17-24(25)26(23-15-7-3-8-16-23)31-27(28(34)35)32-29(36)30(19-11-4-12-20-30)33-39(37,38)21-22-13-5-2-6-14-22/h2-3,5-10,13-18,27,33H,4,11-12,19-21H2,1H3,(H,32,36). The summed E-state index contributed by atoms with van der Waals surface area (Å²) in [5, 5.41) is 2.83. The van der Waals surface area contributed by atoms with E-state index in [0.717, 1.165) is 17.5 Å². The number of likely N-dealkylation sites (N-methyl/N-ethyl adjacent to an activating group) is 1. The topological polar surface area (TPSA) is 108 Å². The van der Waals surface area contributed by atoms with Crippen molar-refractivity contribution in [2.24, 2.45) is 4.99 Å². The molecule has 2 N–H and O–H groups in total. The molecule has 1 aliphatic heterocycles. The van der Waals surface area contributed by atoms with Crippen molar-refractivity contribution in [1.29, 1.82) is 0 Å². The highest BCUT2D eigenvalue weighted by atomic mass is 32.2. The highest BCUT2D eigenvalue weighted by Crippen LogP contribution is 2.31. The van der Waals surface area contributed by atoms with Crippen LogP contribution < -0.4 is 14.9 Å². The zero-order chi connectivity index (χ0) is 27.5. The zero-order valence-electron chi connectivity index (χ0n) is 21.8. The van der Waals surface area contributed by atoms with Crippen LogP contribution in [0.15, 0.2) is 89.9 Å². The molecule has 3 aromatic rings. The van der Waals surface area contributed by atoms with Gasteiger partial charge in [0.25, 0.3) is 5.91 Å². The van der Waals surface area contributed by atoms with Crippen LogP contribution in [-0.2, 0) is 25.4 Å². The van der Waals surface area contributed by atoms with Crippen molar-refractivity contribution in [3.63, 3.8) is 0 Å². The van der Waals surface area contributed by atoms with Gasteiger partial charge in [-0.1, -0.05) is 98.1 Å². The molecule has 5 rings (SSSR count). The zero-order valence-corrected chi connectivity index (χ0v) is 22.7. The van der Waals surface area contributed by atoms with Gasteiger partial charge in [0.1, 0.15) is 5.54 Å². The summed E-state index contributed by atoms with van der Waals surface area (Å²) in [7, 11) is -2.19. The average molecular weight is 545 g/mol. The van der Waals surface area contributed by atoms with Crippen molar-refractivity contribution in [1.82, 2.24) is 10.0 Å². The lowest BCUT2D eigenvalue weighted by Crippen LogP contribution is -2.62. The molecule has 9 heteroatoms. The van der Waals surface area contributed by atoms with Gasteiger partial charge in [-0.05, 0) is 24.5 Å². The van der Waals surface area contributed by atoms with E-state index in [2.05, 4.69) is 10.0 Å². The van der Waals surface area contributed by atoms with Crippen molar-refractivity contribution < 1.29 is 18.0 Å². The van der Waals surface area contributed by atoms with Crippen LogP contribution in [0.25, 0.3) is 0 Å². The molecule has 3 aromatic carbocycles. The van der Waals surface area contributed by atoms with E-state index in [1.165, 1.54) is 4.90 Å². The van der Waals surface area contributed by atoms with Gasteiger partial charge < -0.3 is 10.2 Å². The number of benzene rings is 3. The van der Waals surface area contributed by atoms with Gasteiger partial charge in [0.15, 0.2) is 0 Å². The summed E-state index contributed by atoms with van der Waals surface area (Å²) in [6.45, 7) is 0. The largest absolute Gasteiger partial charge is 0.325 e. The number of carbonyl (C=O) groups excluding carboxylic acids is 2. The summed E-state index contributed by atoms with van der Waals surface area (Å²) in [5.74, 6) is -1.17. The molecule has 1 unspecified atom stereocenters. The molecule has 1 saturated carbocycles. The Morgan fingerprint density at radius 3 is 2.23 bits per heavy atom. The SMILES string of the molecule is CN1C(=O)C(NC(=O)C2(NS(=O)(=O)Cc3ccccc3)CCCCC2)N=C(c2ccccc2)c2ccccc21. The fourth-order valence-corrected chi connectivity index (χ4v) is 6.96. The molecule has 1 fully saturated rings. The van der Waals surface area contributed by atoms with Crippen LogP contribution in [0.1, 0.15) is 48.8 Å². The third kappa shape index (κ3) is 5.79. The second-order valence-electron chi connectivity index (χ2n) is 10.1. The van der Waals surface area contributed by atoms with Crippen molar-refractivity contribution in [2.45, 2.75) is 49.6 Å². The van der Waals surface area contributed by atoms with Crippen LogP contribution in [0.3, 0.4) is 0 Å². The molecule has 1 atom stereocenters. The van der Waals surface area contributed by atoms with Gasteiger partial charge in [0.2, 0.25) is 22.1 Å². The minimum Gasteiger partial charge on any atom is -0.325 e. The van der Waals surface area contributed by atoms with E-state index >= 15 is 0 Å². The van der Waals surface area contributed by atoms with Gasteiger partial charge in [-0.2, -0.15) is 4.72 Å². The first-order valence-corrected chi connectivity index (χ1v) is 14.8. The average Bonchev–Trinajstić information content (AvgIpc) is 3.04. The van der Waals surface area contributed by atoms with E-state index < -0.39 is 33.5 Å². The number of para-hydroxylation sites is 1. The Morgan fingerprint density at radius 2 is 1.54 bits per heavy atom. The number of nitrogens with zero attached hydrogens (tertiary/aromatic N) is 2. The van der Waals surface area contributed by atoms with Crippen LogP contribution in [0, 0.1) is 0 Å². The summed E-state index contributed by atoms with van der Waals surface area (Å²) < 4.78 is 29.2. The van der Waals surface area contributed by atoms with Gasteiger partial charge in [0, 0.05) is 18.2 Å². The summed E-state index contributed by atoms with van der Waals surface area (Å²) in [5.41, 5.74) is 2.11. The van der Waals surface area contributed by atoms with Crippen molar-refractivity contribution in [3.8, 4) is 0 Å². The third-order valence-electron chi connectivity index (χ3n) is 7.35. The van der Waals surface area contributed by atoms with Crippen LogP contribution in [-0.4, -0.2) is 44.7 Å². The molecule has 202 valence electrons. The monoisotopic (exact) mass is 544 g/mol. The first-order chi connectivity index (χ1) is 18.8. The fourth-order valence-electron chi connectivity index (χ4n) is 5.36. The van der Waals surface area contributed by atoms with E-state index in [0.29, 0.717) is 42.6 Å². The number of anilines is 1. The van der Waals surface area contributed by atoms with E-state index in [9.17, 15) is 18.0 Å². The highest BCUT2D eigenvalue weighted by Gasteiger charge is 2.44. The van der Waals surface area contributed by atoms with E-state index in [4.69, 9.17) is 4.99 Å². The Labute approximate surface area is 229 Å². The van der Waals surface area contributed by atoms with E-state index in [1.54, 1.807) is 31.3 Å². The van der Waals surface area contributed by atoms with Crippen molar-refractivity contribution in [2.75, 3.05) is 11.9 Å². The molecule has 0 saturated heterocycles. The predicted molar refractivity (Wildman–Crippen MR) is 152 cm³/mol. The number of benzodiazepines with no additional fused rings is 1. The van der Waals surface area contributed by atoms with Crippen molar-refractivity contribution >= 4 is 33.2 Å². The van der Waals surface area contributed by atoms with E-state index in [1.807, 2.05) is 60.7 Å². The number of sulfonamides is 1. The fraction of sp³-hybridized carbons (Fsp3) is 0.300. The number of hydrogen-bond acceptors (Lipinski definition) is 5. The molecule has 1 heterocycles. The second-order valence-corrected chi connectivity index (χ2v) is 11.8. The smallest absolute Gasteiger partial charge is 0.272 e. The minimum absolute atomic E-state index is 0.237. The van der Waals surface area contributed by atoms with Gasteiger partial charge in [0.05, 0.1) is 17.2 Å². The number of aliphatic imine (C=N–C) groups is 1. The molecule has 1 aliphatic carbocycles. The minimum atomic E-state index is -3.85. The quantitative estimate of drug-likeness (QED) is 0.472.